The van der Waals surface area contributed by atoms with Crippen molar-refractivity contribution in [3.05, 3.63) is 62.5 Å². The number of hydrogen-bond donors (Lipinski definition) is 1. The fraction of sp³-hybridized carbons (Fsp3) is 0.150. The van der Waals surface area contributed by atoms with E-state index in [0.717, 1.165) is 11.8 Å². The van der Waals surface area contributed by atoms with E-state index in [1.54, 1.807) is 12.1 Å². The van der Waals surface area contributed by atoms with Crippen LogP contribution in [-0.4, -0.2) is 53.2 Å². The summed E-state index contributed by atoms with van der Waals surface area (Å²) in [6.07, 6.45) is 1.39. The fourth-order valence-corrected chi connectivity index (χ4v) is 3.75. The molecule has 1 amide bonds. The van der Waals surface area contributed by atoms with E-state index >= 15 is 0 Å². The van der Waals surface area contributed by atoms with Crippen LogP contribution in [0.5, 0.6) is 11.5 Å². The molecule has 0 radical (unpaired) electrons. The number of aliphatic imine (C=N–C) groups is 1. The summed E-state index contributed by atoms with van der Waals surface area (Å²) in [6, 6.07) is 8.63. The predicted molar refractivity (Wildman–Crippen MR) is 115 cm³/mol. The second kappa shape index (κ2) is 8.88. The molecule has 2 aromatic rings. The minimum atomic E-state index is -1.09. The Morgan fingerprint density at radius 1 is 1.23 bits per heavy atom. The average Bonchev–Trinajstić information content (AvgIpc) is 3.01. The van der Waals surface area contributed by atoms with Crippen LogP contribution in [0.3, 0.4) is 0 Å². The van der Waals surface area contributed by atoms with Gasteiger partial charge in [-0.05, 0) is 42.1 Å². The fourth-order valence-electron chi connectivity index (χ4n) is 2.77. The first kappa shape index (κ1) is 21.8. The molecule has 10 nitrogen and oxygen atoms in total. The molecule has 1 fully saturated rings. The Kier molecular flexibility index (Phi) is 6.25. The third kappa shape index (κ3) is 4.51. The SMILES string of the molecule is COc1cc(/C=C2/SC(=Nc3cccc(C(=O)O)c3)N(C)C2=O)c([N+](=O)[O-])cc1OC. The molecule has 11 heteroatoms. The van der Waals surface area contributed by atoms with E-state index in [1.165, 1.54) is 56.5 Å². The van der Waals surface area contributed by atoms with E-state index in [-0.39, 0.29) is 33.2 Å². The Balaban J connectivity index is 2.01. The van der Waals surface area contributed by atoms with Crippen LogP contribution in [0.4, 0.5) is 11.4 Å². The van der Waals surface area contributed by atoms with Crippen LogP contribution in [0, 0.1) is 10.1 Å². The van der Waals surface area contributed by atoms with Crippen molar-refractivity contribution in [2.45, 2.75) is 0 Å². The maximum Gasteiger partial charge on any atom is 0.335 e. The number of ether oxygens (including phenoxy) is 2. The molecule has 0 bridgehead atoms. The zero-order valence-corrected chi connectivity index (χ0v) is 17.5. The van der Waals surface area contributed by atoms with Gasteiger partial charge in [0.05, 0.1) is 46.9 Å². The summed E-state index contributed by atoms with van der Waals surface area (Å²) in [5, 5.41) is 20.9. The van der Waals surface area contributed by atoms with Gasteiger partial charge in [-0.25, -0.2) is 9.79 Å². The van der Waals surface area contributed by atoms with Gasteiger partial charge in [0.25, 0.3) is 11.6 Å². The van der Waals surface area contributed by atoms with E-state index < -0.39 is 16.8 Å². The molecular formula is C20H17N3O7S. The number of carboxylic acid groups (broad SMARTS) is 1. The first-order valence-corrected chi connectivity index (χ1v) is 9.57. The van der Waals surface area contributed by atoms with Gasteiger partial charge in [-0.2, -0.15) is 0 Å². The number of carbonyl (C=O) groups is 2. The number of amides is 1. The first-order chi connectivity index (χ1) is 14.7. The van der Waals surface area contributed by atoms with Gasteiger partial charge < -0.3 is 14.6 Å². The van der Waals surface area contributed by atoms with E-state index in [9.17, 15) is 19.7 Å². The summed E-state index contributed by atoms with van der Waals surface area (Å²) in [4.78, 5) is 40.6. The molecule has 0 unspecified atom stereocenters. The lowest BCUT2D eigenvalue weighted by atomic mass is 10.1. The minimum absolute atomic E-state index is 0.0653. The molecule has 160 valence electrons. The van der Waals surface area contributed by atoms with Gasteiger partial charge in [-0.15, -0.1) is 0 Å². The number of amidine groups is 1. The van der Waals surface area contributed by atoms with Crippen LogP contribution in [0.2, 0.25) is 0 Å². The molecule has 1 N–H and O–H groups in total. The summed E-state index contributed by atoms with van der Waals surface area (Å²) in [5.41, 5.74) is 0.345. The van der Waals surface area contributed by atoms with Gasteiger partial charge in [-0.3, -0.25) is 19.8 Å². The van der Waals surface area contributed by atoms with Crippen molar-refractivity contribution >= 4 is 46.3 Å². The standard InChI is InChI=1S/C20H17N3O7S/c1-22-18(24)17(31-20(22)21-13-6-4-5-11(7-13)19(25)26)9-12-8-15(29-2)16(30-3)10-14(12)23(27)28/h4-10H,1-3H3,(H,25,26)/b17-9+,21-20?. The van der Waals surface area contributed by atoms with E-state index in [2.05, 4.69) is 4.99 Å². The van der Waals surface area contributed by atoms with Crippen LogP contribution < -0.4 is 9.47 Å². The third-order valence-electron chi connectivity index (χ3n) is 4.34. The van der Waals surface area contributed by atoms with Crippen molar-refractivity contribution in [3.63, 3.8) is 0 Å². The highest BCUT2D eigenvalue weighted by molar-refractivity contribution is 8.18. The lowest BCUT2D eigenvalue weighted by molar-refractivity contribution is -0.385. The number of nitrogens with zero attached hydrogens (tertiary/aromatic N) is 3. The van der Waals surface area contributed by atoms with Gasteiger partial charge in [-0.1, -0.05) is 6.07 Å². The topological polar surface area (TPSA) is 132 Å². The number of nitro benzene ring substituents is 1. The monoisotopic (exact) mass is 443 g/mol. The van der Waals surface area contributed by atoms with Crippen molar-refractivity contribution in [3.8, 4) is 11.5 Å². The van der Waals surface area contributed by atoms with E-state index in [0.29, 0.717) is 10.9 Å². The number of aromatic carboxylic acids is 1. The van der Waals surface area contributed by atoms with Gasteiger partial charge >= 0.3 is 5.97 Å². The number of thioether (sulfide) groups is 1. The number of nitro groups is 1. The molecular weight excluding hydrogens is 426 g/mol. The number of benzene rings is 2. The maximum atomic E-state index is 12.7. The molecule has 3 rings (SSSR count). The number of likely N-dealkylation sites (N-methyl/N-ethyl adjacent to an activating group) is 1. The Morgan fingerprint density at radius 2 is 1.90 bits per heavy atom. The summed E-state index contributed by atoms with van der Waals surface area (Å²) >= 11 is 1.02. The highest BCUT2D eigenvalue weighted by atomic mass is 32.2. The minimum Gasteiger partial charge on any atom is -0.493 e. The highest BCUT2D eigenvalue weighted by Gasteiger charge is 2.31. The van der Waals surface area contributed by atoms with Crippen LogP contribution in [0.25, 0.3) is 6.08 Å². The Morgan fingerprint density at radius 3 is 2.52 bits per heavy atom. The predicted octanol–water partition coefficient (Wildman–Crippen LogP) is 3.54. The zero-order chi connectivity index (χ0) is 22.7. The van der Waals surface area contributed by atoms with Crippen molar-refractivity contribution in [1.82, 2.24) is 4.90 Å². The number of hydrogen-bond acceptors (Lipinski definition) is 8. The number of carboxylic acids is 1. The van der Waals surface area contributed by atoms with Crippen molar-refractivity contribution in [1.29, 1.82) is 0 Å². The lowest BCUT2D eigenvalue weighted by Crippen LogP contribution is -2.23. The molecule has 31 heavy (non-hydrogen) atoms. The Bertz CT molecular complexity index is 1140. The summed E-state index contributed by atoms with van der Waals surface area (Å²) < 4.78 is 10.3. The Hall–Kier alpha value is -3.86. The highest BCUT2D eigenvalue weighted by Crippen LogP contribution is 2.39. The molecule has 2 aromatic carbocycles. The quantitative estimate of drug-likeness (QED) is 0.407. The van der Waals surface area contributed by atoms with Crippen LogP contribution >= 0.6 is 11.8 Å². The summed E-state index contributed by atoms with van der Waals surface area (Å²) in [5.74, 6) is -1.02. The number of methoxy groups -OCH3 is 2. The average molecular weight is 443 g/mol. The summed E-state index contributed by atoms with van der Waals surface area (Å²) in [6.45, 7) is 0. The smallest absolute Gasteiger partial charge is 0.335 e. The van der Waals surface area contributed by atoms with Crippen molar-refractivity contribution in [2.75, 3.05) is 21.3 Å². The first-order valence-electron chi connectivity index (χ1n) is 8.75. The van der Waals surface area contributed by atoms with Gasteiger partial charge in [0, 0.05) is 7.05 Å². The molecule has 0 atom stereocenters. The molecule has 0 spiro atoms. The number of rotatable bonds is 6. The van der Waals surface area contributed by atoms with Crippen molar-refractivity contribution in [2.24, 2.45) is 4.99 Å². The second-order valence-electron chi connectivity index (χ2n) is 6.25. The van der Waals surface area contributed by atoms with E-state index in [4.69, 9.17) is 14.6 Å². The number of carbonyl (C=O) groups excluding carboxylic acids is 1. The maximum absolute atomic E-state index is 12.7. The van der Waals surface area contributed by atoms with Gasteiger partial charge in [0.1, 0.15) is 0 Å². The molecule has 1 aliphatic heterocycles. The Labute approximate surface area is 180 Å². The largest absolute Gasteiger partial charge is 0.493 e. The zero-order valence-electron chi connectivity index (χ0n) is 16.7. The van der Waals surface area contributed by atoms with Crippen LogP contribution in [0.15, 0.2) is 46.3 Å². The molecule has 0 aliphatic carbocycles. The molecule has 0 aromatic heterocycles. The third-order valence-corrected chi connectivity index (χ3v) is 5.40. The normalized spacial score (nSPS) is 16.1. The lowest BCUT2D eigenvalue weighted by Gasteiger charge is -2.09. The molecule has 1 aliphatic rings. The molecule has 1 saturated heterocycles. The summed E-state index contributed by atoms with van der Waals surface area (Å²) in [7, 11) is 4.28. The molecule has 1 heterocycles. The van der Waals surface area contributed by atoms with Crippen molar-refractivity contribution < 1.29 is 29.1 Å². The van der Waals surface area contributed by atoms with E-state index in [1.807, 2.05) is 0 Å². The van der Waals surface area contributed by atoms with Crippen LogP contribution in [0.1, 0.15) is 15.9 Å². The van der Waals surface area contributed by atoms with Crippen LogP contribution in [-0.2, 0) is 4.79 Å². The van der Waals surface area contributed by atoms with Gasteiger partial charge in [0.15, 0.2) is 16.7 Å². The van der Waals surface area contributed by atoms with Gasteiger partial charge in [0.2, 0.25) is 0 Å². The second-order valence-corrected chi connectivity index (χ2v) is 7.26. The molecule has 0 saturated carbocycles.